The highest BCUT2D eigenvalue weighted by Crippen LogP contribution is 2.38. The third kappa shape index (κ3) is 1.27. The van der Waals surface area contributed by atoms with E-state index in [0.29, 0.717) is 19.3 Å². The van der Waals surface area contributed by atoms with Gasteiger partial charge in [-0.2, -0.15) is 5.26 Å². The van der Waals surface area contributed by atoms with E-state index in [0.717, 1.165) is 0 Å². The van der Waals surface area contributed by atoms with Crippen LogP contribution in [0.15, 0.2) is 0 Å². The van der Waals surface area contributed by atoms with Crippen molar-refractivity contribution in [2.45, 2.75) is 31.8 Å². The fourth-order valence-corrected chi connectivity index (χ4v) is 0.640. The molecule has 0 saturated heterocycles. The summed E-state index contributed by atoms with van der Waals surface area (Å²) in [6.07, 6.45) is 1.76. The topological polar surface area (TPSA) is 50.1 Å². The highest BCUT2D eigenvalue weighted by atomic mass is 16.6. The third-order valence-corrected chi connectivity index (χ3v) is 1.51. The normalized spacial score (nSPS) is 19.2. The van der Waals surface area contributed by atoms with E-state index in [4.69, 9.17) is 10.00 Å². The maximum Gasteiger partial charge on any atom is 0.307 e. The number of rotatable bonds is 2. The Balaban J connectivity index is 2.40. The molecule has 0 aliphatic heterocycles. The van der Waals surface area contributed by atoms with Crippen molar-refractivity contribution in [3.63, 3.8) is 0 Å². The number of ether oxygens (including phenoxy) is 1. The van der Waals surface area contributed by atoms with E-state index in [-0.39, 0.29) is 5.97 Å². The summed E-state index contributed by atoms with van der Waals surface area (Å²) in [5, 5.41) is 8.47. The molecule has 0 bridgehead atoms. The number of carbonyl (C=O) groups excluding carboxylic acids is 1. The summed E-state index contributed by atoms with van der Waals surface area (Å²) in [4.78, 5) is 10.7. The average Bonchev–Trinajstić information content (AvgIpc) is 2.70. The Kier molecular flexibility index (Phi) is 1.62. The molecule has 1 saturated carbocycles. The van der Waals surface area contributed by atoms with E-state index in [1.54, 1.807) is 6.92 Å². The Hall–Kier alpha value is -1.04. The first-order valence-corrected chi connectivity index (χ1v) is 3.35. The average molecular weight is 139 g/mol. The van der Waals surface area contributed by atoms with Crippen molar-refractivity contribution in [1.82, 2.24) is 0 Å². The van der Waals surface area contributed by atoms with Crippen LogP contribution in [-0.4, -0.2) is 11.6 Å². The molecule has 0 aromatic heterocycles. The molecule has 0 aromatic rings. The summed E-state index contributed by atoms with van der Waals surface area (Å²) in [5.41, 5.74) is -0.729. The summed E-state index contributed by atoms with van der Waals surface area (Å²) in [6, 6.07) is 1.97. The Morgan fingerprint density at radius 1 is 1.80 bits per heavy atom. The minimum Gasteiger partial charge on any atom is -0.444 e. The number of hydrogen-bond acceptors (Lipinski definition) is 3. The second-order valence-electron chi connectivity index (χ2n) is 2.43. The second kappa shape index (κ2) is 2.30. The molecular weight excluding hydrogens is 130 g/mol. The zero-order chi connectivity index (χ0) is 7.61. The molecule has 0 N–H and O–H groups in total. The van der Waals surface area contributed by atoms with Crippen molar-refractivity contribution in [3.8, 4) is 6.07 Å². The predicted molar refractivity (Wildman–Crippen MR) is 34.0 cm³/mol. The maximum absolute atomic E-state index is 10.7. The largest absolute Gasteiger partial charge is 0.444 e. The van der Waals surface area contributed by atoms with Gasteiger partial charge >= 0.3 is 5.97 Å². The maximum atomic E-state index is 10.7. The van der Waals surface area contributed by atoms with Crippen LogP contribution in [0.2, 0.25) is 0 Å². The smallest absolute Gasteiger partial charge is 0.307 e. The minimum absolute atomic E-state index is 0.279. The molecule has 0 unspecified atom stereocenters. The fraction of sp³-hybridized carbons (Fsp3) is 0.714. The van der Waals surface area contributed by atoms with Crippen LogP contribution in [0.25, 0.3) is 0 Å². The lowest BCUT2D eigenvalue weighted by molar-refractivity contribution is -0.147. The lowest BCUT2D eigenvalue weighted by atomic mass is 10.4. The van der Waals surface area contributed by atoms with Crippen LogP contribution in [0.3, 0.4) is 0 Å². The summed E-state index contributed by atoms with van der Waals surface area (Å²) >= 11 is 0. The SMILES string of the molecule is CCC(=O)OC1(C#N)CC1. The first kappa shape index (κ1) is 7.07. The zero-order valence-electron chi connectivity index (χ0n) is 5.89. The predicted octanol–water partition coefficient (Wildman–Crippen LogP) is 0.996. The van der Waals surface area contributed by atoms with E-state index in [1.807, 2.05) is 6.07 Å². The molecule has 3 nitrogen and oxygen atoms in total. The van der Waals surface area contributed by atoms with Gasteiger partial charge in [0, 0.05) is 19.3 Å². The van der Waals surface area contributed by atoms with E-state index in [2.05, 4.69) is 0 Å². The molecule has 0 atom stereocenters. The fourth-order valence-electron chi connectivity index (χ4n) is 0.640. The molecule has 54 valence electrons. The number of nitriles is 1. The van der Waals surface area contributed by atoms with Crippen LogP contribution >= 0.6 is 0 Å². The lowest BCUT2D eigenvalue weighted by Gasteiger charge is -2.05. The molecule has 0 radical (unpaired) electrons. The number of nitrogens with zero attached hydrogens (tertiary/aromatic N) is 1. The molecule has 0 aromatic carbocycles. The van der Waals surface area contributed by atoms with Gasteiger partial charge in [-0.15, -0.1) is 0 Å². The molecule has 0 heterocycles. The van der Waals surface area contributed by atoms with Crippen molar-refractivity contribution in [3.05, 3.63) is 0 Å². The highest BCUT2D eigenvalue weighted by Gasteiger charge is 2.47. The molecule has 1 rings (SSSR count). The molecular formula is C7H9NO2. The van der Waals surface area contributed by atoms with Crippen LogP contribution in [0.5, 0.6) is 0 Å². The van der Waals surface area contributed by atoms with Crippen molar-refractivity contribution in [2.75, 3.05) is 0 Å². The van der Waals surface area contributed by atoms with Crippen molar-refractivity contribution in [1.29, 1.82) is 5.26 Å². The van der Waals surface area contributed by atoms with Crippen LogP contribution in [-0.2, 0) is 9.53 Å². The van der Waals surface area contributed by atoms with Crippen LogP contribution in [0.1, 0.15) is 26.2 Å². The Bertz CT molecular complexity index is 188. The quantitative estimate of drug-likeness (QED) is 0.536. The third-order valence-electron chi connectivity index (χ3n) is 1.51. The first-order chi connectivity index (χ1) is 4.72. The van der Waals surface area contributed by atoms with Crippen LogP contribution in [0.4, 0.5) is 0 Å². The van der Waals surface area contributed by atoms with Gasteiger partial charge in [0.1, 0.15) is 6.07 Å². The van der Waals surface area contributed by atoms with Crippen LogP contribution < -0.4 is 0 Å². The van der Waals surface area contributed by atoms with E-state index in [1.165, 1.54) is 0 Å². The van der Waals surface area contributed by atoms with Crippen molar-refractivity contribution in [2.24, 2.45) is 0 Å². The minimum atomic E-state index is -0.729. The van der Waals surface area contributed by atoms with Gasteiger partial charge in [-0.3, -0.25) is 4.79 Å². The number of hydrogen-bond donors (Lipinski definition) is 0. The molecule has 0 spiro atoms. The summed E-state index contributed by atoms with van der Waals surface area (Å²) in [5.74, 6) is -0.279. The van der Waals surface area contributed by atoms with Gasteiger partial charge in [-0.25, -0.2) is 0 Å². The number of esters is 1. The molecule has 1 aliphatic carbocycles. The molecule has 0 amide bonds. The second-order valence-corrected chi connectivity index (χ2v) is 2.43. The highest BCUT2D eigenvalue weighted by molar-refractivity contribution is 5.70. The van der Waals surface area contributed by atoms with Crippen LogP contribution in [0, 0.1) is 11.3 Å². The molecule has 3 heteroatoms. The molecule has 10 heavy (non-hydrogen) atoms. The Morgan fingerprint density at radius 2 is 2.40 bits per heavy atom. The van der Waals surface area contributed by atoms with E-state index < -0.39 is 5.60 Å². The summed E-state index contributed by atoms with van der Waals surface area (Å²) in [6.45, 7) is 1.72. The monoisotopic (exact) mass is 139 g/mol. The van der Waals surface area contributed by atoms with Crippen molar-refractivity contribution >= 4 is 5.97 Å². The van der Waals surface area contributed by atoms with Crippen molar-refractivity contribution < 1.29 is 9.53 Å². The standard InChI is InChI=1S/C7H9NO2/c1-2-6(9)10-7(5-8)3-4-7/h2-4H2,1H3. The first-order valence-electron chi connectivity index (χ1n) is 3.35. The van der Waals surface area contributed by atoms with E-state index in [9.17, 15) is 4.79 Å². The summed E-state index contributed by atoms with van der Waals surface area (Å²) < 4.78 is 4.85. The zero-order valence-corrected chi connectivity index (χ0v) is 5.89. The van der Waals surface area contributed by atoms with Gasteiger partial charge in [0.15, 0.2) is 5.60 Å². The van der Waals surface area contributed by atoms with Gasteiger partial charge in [-0.1, -0.05) is 6.92 Å². The van der Waals surface area contributed by atoms with Gasteiger partial charge in [0.2, 0.25) is 0 Å². The van der Waals surface area contributed by atoms with Gasteiger partial charge in [0.25, 0.3) is 0 Å². The van der Waals surface area contributed by atoms with Gasteiger partial charge < -0.3 is 4.74 Å². The summed E-state index contributed by atoms with van der Waals surface area (Å²) in [7, 11) is 0. The number of carbonyl (C=O) groups is 1. The van der Waals surface area contributed by atoms with E-state index >= 15 is 0 Å². The Labute approximate surface area is 59.6 Å². The Morgan fingerprint density at radius 3 is 2.70 bits per heavy atom. The van der Waals surface area contributed by atoms with Gasteiger partial charge in [0.05, 0.1) is 0 Å². The molecule has 1 fully saturated rings. The lowest BCUT2D eigenvalue weighted by Crippen LogP contribution is -2.16. The molecule has 1 aliphatic rings. The van der Waals surface area contributed by atoms with Gasteiger partial charge in [-0.05, 0) is 0 Å².